The monoisotopic (exact) mass is 412 g/mol. The van der Waals surface area contributed by atoms with Crippen molar-refractivity contribution in [1.29, 1.82) is 0 Å². The van der Waals surface area contributed by atoms with Crippen molar-refractivity contribution in [2.75, 3.05) is 0 Å². The van der Waals surface area contributed by atoms with Gasteiger partial charge < -0.3 is 9.97 Å². The predicted molar refractivity (Wildman–Crippen MR) is 98.0 cm³/mol. The quantitative estimate of drug-likeness (QED) is 0.353. The van der Waals surface area contributed by atoms with Crippen LogP contribution in [0.2, 0.25) is 0 Å². The first-order chi connectivity index (χ1) is 10.7. The van der Waals surface area contributed by atoms with Gasteiger partial charge in [-0.05, 0) is 60.4 Å². The van der Waals surface area contributed by atoms with E-state index >= 15 is 0 Å². The van der Waals surface area contributed by atoms with Crippen LogP contribution in [0.3, 0.4) is 0 Å². The Kier molecular flexibility index (Phi) is 3.33. The molecule has 0 bridgehead atoms. The molecule has 4 heteroatoms. The van der Waals surface area contributed by atoms with Gasteiger partial charge in [-0.2, -0.15) is 0 Å². The topological polar surface area (TPSA) is 31.6 Å². The predicted octanol–water partition coefficient (Wildman–Crippen LogP) is 5.57. The molecule has 0 saturated heterocycles. The zero-order valence-electron chi connectivity index (χ0n) is 11.4. The summed E-state index contributed by atoms with van der Waals surface area (Å²) in [6.45, 7) is 0. The van der Waals surface area contributed by atoms with Gasteiger partial charge in [0.1, 0.15) is 0 Å². The summed E-state index contributed by atoms with van der Waals surface area (Å²) in [6.07, 6.45) is 0. The standard InChI is InChI=1S/C18H10Br2N2/c19-13-1-5-17-11(7-13)9-15(21-17)3-4-16-10-12-8-14(20)2-6-18(12)22-16/h1-2,5-10,21-22H. The lowest BCUT2D eigenvalue weighted by Gasteiger charge is -1.89. The SMILES string of the molecule is Brc1ccc2[nH]c(C#Cc3cc4cc(Br)ccc4[nH]3)cc2c1. The lowest BCUT2D eigenvalue weighted by molar-refractivity contribution is 1.40. The molecule has 0 aliphatic carbocycles. The minimum atomic E-state index is 0.910. The van der Waals surface area contributed by atoms with Crippen molar-refractivity contribution in [1.82, 2.24) is 9.97 Å². The highest BCUT2D eigenvalue weighted by molar-refractivity contribution is 9.10. The highest BCUT2D eigenvalue weighted by atomic mass is 79.9. The summed E-state index contributed by atoms with van der Waals surface area (Å²) in [5.41, 5.74) is 4.00. The first-order valence-electron chi connectivity index (χ1n) is 6.76. The average molecular weight is 414 g/mol. The van der Waals surface area contributed by atoms with E-state index in [1.54, 1.807) is 0 Å². The summed E-state index contributed by atoms with van der Waals surface area (Å²) in [5, 5.41) is 2.30. The highest BCUT2D eigenvalue weighted by Crippen LogP contribution is 2.21. The summed E-state index contributed by atoms with van der Waals surface area (Å²) < 4.78 is 2.14. The van der Waals surface area contributed by atoms with Crippen molar-refractivity contribution in [2.45, 2.75) is 0 Å². The lowest BCUT2D eigenvalue weighted by atomic mass is 10.2. The summed E-state index contributed by atoms with van der Waals surface area (Å²) in [6, 6.07) is 16.4. The molecule has 4 rings (SSSR count). The van der Waals surface area contributed by atoms with Crippen LogP contribution in [0.15, 0.2) is 57.5 Å². The molecular weight excluding hydrogens is 404 g/mol. The molecule has 2 aromatic carbocycles. The molecule has 4 aromatic rings. The van der Waals surface area contributed by atoms with Crippen molar-refractivity contribution in [2.24, 2.45) is 0 Å². The third kappa shape index (κ3) is 2.58. The number of aromatic nitrogens is 2. The molecule has 22 heavy (non-hydrogen) atoms. The van der Waals surface area contributed by atoms with E-state index in [4.69, 9.17) is 0 Å². The molecule has 0 unspecified atom stereocenters. The molecule has 0 atom stereocenters. The van der Waals surface area contributed by atoms with Crippen LogP contribution >= 0.6 is 31.9 Å². The average Bonchev–Trinajstić information content (AvgIpc) is 3.07. The molecule has 0 fully saturated rings. The van der Waals surface area contributed by atoms with Crippen molar-refractivity contribution in [3.8, 4) is 11.8 Å². The normalized spacial score (nSPS) is 10.8. The van der Waals surface area contributed by atoms with E-state index in [9.17, 15) is 0 Å². The second kappa shape index (κ2) is 5.35. The summed E-state index contributed by atoms with van der Waals surface area (Å²) in [5.74, 6) is 6.36. The number of fused-ring (bicyclic) bond motifs is 2. The van der Waals surface area contributed by atoms with Crippen molar-refractivity contribution in [3.05, 3.63) is 68.9 Å². The summed E-state index contributed by atoms with van der Waals surface area (Å²) in [7, 11) is 0. The Morgan fingerprint density at radius 2 is 1.09 bits per heavy atom. The minimum absolute atomic E-state index is 0.910. The number of rotatable bonds is 0. The van der Waals surface area contributed by atoms with Gasteiger partial charge in [0.25, 0.3) is 0 Å². The Hall–Kier alpha value is -1.96. The molecule has 2 aromatic heterocycles. The molecule has 0 saturated carbocycles. The molecule has 0 aliphatic heterocycles. The number of aromatic amines is 2. The van der Waals surface area contributed by atoms with Crippen LogP contribution in [-0.2, 0) is 0 Å². The van der Waals surface area contributed by atoms with E-state index in [2.05, 4.69) is 77.9 Å². The fraction of sp³-hybridized carbons (Fsp3) is 0. The van der Waals surface area contributed by atoms with Gasteiger partial charge in [-0.3, -0.25) is 0 Å². The number of hydrogen-bond acceptors (Lipinski definition) is 0. The third-order valence-electron chi connectivity index (χ3n) is 3.50. The number of benzene rings is 2. The van der Waals surface area contributed by atoms with Crippen LogP contribution in [0.25, 0.3) is 21.8 Å². The molecule has 2 nitrogen and oxygen atoms in total. The van der Waals surface area contributed by atoms with E-state index < -0.39 is 0 Å². The number of hydrogen-bond donors (Lipinski definition) is 2. The van der Waals surface area contributed by atoms with E-state index in [0.29, 0.717) is 0 Å². The maximum absolute atomic E-state index is 3.48. The van der Waals surface area contributed by atoms with Crippen molar-refractivity contribution < 1.29 is 0 Å². The number of nitrogens with one attached hydrogen (secondary N) is 2. The van der Waals surface area contributed by atoms with Crippen LogP contribution in [0.4, 0.5) is 0 Å². The molecule has 2 N–H and O–H groups in total. The van der Waals surface area contributed by atoms with E-state index in [0.717, 1.165) is 42.1 Å². The minimum Gasteiger partial charge on any atom is -0.348 e. The first kappa shape index (κ1) is 13.7. The molecular formula is C18H10Br2N2. The largest absolute Gasteiger partial charge is 0.348 e. The maximum atomic E-state index is 3.48. The molecule has 2 heterocycles. The van der Waals surface area contributed by atoms with Gasteiger partial charge in [-0.25, -0.2) is 0 Å². The van der Waals surface area contributed by atoms with Gasteiger partial charge >= 0.3 is 0 Å². The van der Waals surface area contributed by atoms with Crippen molar-refractivity contribution >= 4 is 53.7 Å². The third-order valence-corrected chi connectivity index (χ3v) is 4.48. The van der Waals surface area contributed by atoms with Gasteiger partial charge in [0, 0.05) is 30.8 Å². The Morgan fingerprint density at radius 1 is 0.636 bits per heavy atom. The Labute approximate surface area is 144 Å². The Bertz CT molecular complexity index is 977. The van der Waals surface area contributed by atoms with Crippen molar-refractivity contribution in [3.63, 3.8) is 0 Å². The van der Waals surface area contributed by atoms with Gasteiger partial charge in [0.2, 0.25) is 0 Å². The zero-order chi connectivity index (χ0) is 15.1. The molecule has 0 spiro atoms. The fourth-order valence-corrected chi connectivity index (χ4v) is 3.23. The van der Waals surface area contributed by atoms with Crippen LogP contribution in [0.5, 0.6) is 0 Å². The number of halogens is 2. The van der Waals surface area contributed by atoms with E-state index in [1.165, 1.54) is 0 Å². The van der Waals surface area contributed by atoms with Crippen LogP contribution in [0.1, 0.15) is 11.4 Å². The second-order valence-electron chi connectivity index (χ2n) is 5.08. The van der Waals surface area contributed by atoms with Gasteiger partial charge in [-0.15, -0.1) is 0 Å². The molecule has 106 valence electrons. The van der Waals surface area contributed by atoms with Crippen LogP contribution < -0.4 is 0 Å². The zero-order valence-corrected chi connectivity index (χ0v) is 14.5. The number of H-pyrrole nitrogens is 2. The van der Waals surface area contributed by atoms with Crippen LogP contribution in [0, 0.1) is 11.8 Å². The smallest absolute Gasteiger partial charge is 0.0908 e. The maximum Gasteiger partial charge on any atom is 0.0908 e. The molecule has 0 amide bonds. The fourth-order valence-electron chi connectivity index (χ4n) is 2.48. The summed E-state index contributed by atoms with van der Waals surface area (Å²) >= 11 is 6.97. The summed E-state index contributed by atoms with van der Waals surface area (Å²) in [4.78, 5) is 6.64. The van der Waals surface area contributed by atoms with E-state index in [1.807, 2.05) is 24.3 Å². The first-order valence-corrected chi connectivity index (χ1v) is 8.34. The highest BCUT2D eigenvalue weighted by Gasteiger charge is 2.01. The second-order valence-corrected chi connectivity index (χ2v) is 6.91. The van der Waals surface area contributed by atoms with Crippen LogP contribution in [-0.4, -0.2) is 9.97 Å². The Morgan fingerprint density at radius 3 is 1.55 bits per heavy atom. The van der Waals surface area contributed by atoms with Gasteiger partial charge in [0.05, 0.1) is 11.4 Å². The molecule has 0 aliphatic rings. The van der Waals surface area contributed by atoms with Gasteiger partial charge in [-0.1, -0.05) is 31.9 Å². The Balaban J connectivity index is 1.73. The lowest BCUT2D eigenvalue weighted by Crippen LogP contribution is -1.74. The molecule has 0 radical (unpaired) electrons. The van der Waals surface area contributed by atoms with E-state index in [-0.39, 0.29) is 0 Å². The van der Waals surface area contributed by atoms with Gasteiger partial charge in [0.15, 0.2) is 0 Å².